The molecular weight excluding hydrogens is 316 g/mol. The number of hydrogen-bond acceptors (Lipinski definition) is 5. The van der Waals surface area contributed by atoms with Crippen molar-refractivity contribution in [1.82, 2.24) is 14.9 Å². The van der Waals surface area contributed by atoms with E-state index in [1.165, 1.54) is 11.1 Å². The van der Waals surface area contributed by atoms with Crippen LogP contribution in [-0.4, -0.2) is 53.1 Å². The zero-order valence-electron chi connectivity index (χ0n) is 14.4. The maximum absolute atomic E-state index is 12.9. The first-order valence-corrected chi connectivity index (χ1v) is 8.72. The van der Waals surface area contributed by atoms with Crippen LogP contribution in [0.5, 0.6) is 0 Å². The molecule has 0 N–H and O–H groups in total. The van der Waals surface area contributed by atoms with E-state index < -0.39 is 6.10 Å². The first-order valence-electron chi connectivity index (χ1n) is 8.72. The third kappa shape index (κ3) is 3.35. The Morgan fingerprint density at radius 3 is 2.88 bits per heavy atom. The Labute approximate surface area is 147 Å². The van der Waals surface area contributed by atoms with E-state index >= 15 is 0 Å². The number of nitrogens with zero attached hydrogens (tertiary/aromatic N) is 4. The van der Waals surface area contributed by atoms with Crippen LogP contribution < -0.4 is 4.90 Å². The Morgan fingerprint density at radius 1 is 1.20 bits per heavy atom. The highest BCUT2D eigenvalue weighted by atomic mass is 16.5. The predicted molar refractivity (Wildman–Crippen MR) is 94.3 cm³/mol. The molecule has 4 rings (SSSR count). The van der Waals surface area contributed by atoms with Crippen LogP contribution in [0.3, 0.4) is 0 Å². The maximum atomic E-state index is 12.9. The fraction of sp³-hybridized carbons (Fsp3) is 0.421. The average molecular weight is 338 g/mol. The van der Waals surface area contributed by atoms with Crippen molar-refractivity contribution >= 4 is 11.7 Å². The Morgan fingerprint density at radius 2 is 2.04 bits per heavy atom. The number of benzene rings is 1. The van der Waals surface area contributed by atoms with Gasteiger partial charge in [0, 0.05) is 25.8 Å². The highest BCUT2D eigenvalue weighted by Gasteiger charge is 2.32. The molecule has 3 heterocycles. The molecule has 1 unspecified atom stereocenters. The molecule has 25 heavy (non-hydrogen) atoms. The molecule has 0 radical (unpaired) electrons. The van der Waals surface area contributed by atoms with Gasteiger partial charge in [-0.15, -0.1) is 0 Å². The van der Waals surface area contributed by atoms with E-state index in [1.54, 1.807) is 6.20 Å². The molecule has 0 bridgehead atoms. The minimum absolute atomic E-state index is 0.0741. The summed E-state index contributed by atoms with van der Waals surface area (Å²) < 4.78 is 5.79. The van der Waals surface area contributed by atoms with Crippen LogP contribution in [0.1, 0.15) is 17.0 Å². The minimum atomic E-state index is -0.436. The zero-order valence-corrected chi connectivity index (χ0v) is 14.4. The molecule has 6 heteroatoms. The summed E-state index contributed by atoms with van der Waals surface area (Å²) in [5.74, 6) is 1.67. The van der Waals surface area contributed by atoms with Crippen LogP contribution in [0.2, 0.25) is 0 Å². The van der Waals surface area contributed by atoms with Gasteiger partial charge in [-0.1, -0.05) is 24.3 Å². The number of anilines is 1. The summed E-state index contributed by atoms with van der Waals surface area (Å²) in [5, 5.41) is 0. The van der Waals surface area contributed by atoms with Gasteiger partial charge in [0.1, 0.15) is 11.6 Å². The van der Waals surface area contributed by atoms with Gasteiger partial charge in [0.25, 0.3) is 5.91 Å². The fourth-order valence-corrected chi connectivity index (χ4v) is 3.51. The number of amides is 1. The van der Waals surface area contributed by atoms with E-state index in [2.05, 4.69) is 33.1 Å². The molecule has 6 nitrogen and oxygen atoms in total. The Kier molecular flexibility index (Phi) is 4.36. The lowest BCUT2D eigenvalue weighted by Crippen LogP contribution is -2.52. The van der Waals surface area contributed by atoms with Gasteiger partial charge in [-0.25, -0.2) is 9.97 Å². The van der Waals surface area contributed by atoms with Crippen LogP contribution in [0, 0.1) is 6.92 Å². The van der Waals surface area contributed by atoms with Crippen molar-refractivity contribution in [2.24, 2.45) is 0 Å². The third-order valence-electron chi connectivity index (χ3n) is 4.87. The van der Waals surface area contributed by atoms with Gasteiger partial charge in [-0.2, -0.15) is 0 Å². The summed E-state index contributed by atoms with van der Waals surface area (Å²) in [5.41, 5.74) is 2.58. The summed E-state index contributed by atoms with van der Waals surface area (Å²) >= 11 is 0. The van der Waals surface area contributed by atoms with Crippen molar-refractivity contribution < 1.29 is 9.53 Å². The maximum Gasteiger partial charge on any atom is 0.253 e. The topological polar surface area (TPSA) is 58.6 Å². The van der Waals surface area contributed by atoms with E-state index in [0.29, 0.717) is 19.7 Å². The van der Waals surface area contributed by atoms with Crippen LogP contribution in [0.25, 0.3) is 0 Å². The van der Waals surface area contributed by atoms with E-state index in [1.807, 2.05) is 24.0 Å². The van der Waals surface area contributed by atoms with Crippen molar-refractivity contribution in [2.75, 3.05) is 31.1 Å². The number of rotatable bonds is 2. The number of aromatic nitrogens is 2. The van der Waals surface area contributed by atoms with Crippen molar-refractivity contribution in [3.8, 4) is 0 Å². The summed E-state index contributed by atoms with van der Waals surface area (Å²) in [6.45, 7) is 5.10. The molecule has 2 aromatic rings. The number of hydrogen-bond donors (Lipinski definition) is 0. The van der Waals surface area contributed by atoms with Gasteiger partial charge < -0.3 is 14.5 Å². The highest BCUT2D eigenvalue weighted by molar-refractivity contribution is 5.82. The summed E-state index contributed by atoms with van der Waals surface area (Å²) in [7, 11) is 0. The minimum Gasteiger partial charge on any atom is -0.365 e. The molecule has 1 amide bonds. The molecule has 130 valence electrons. The molecule has 1 aromatic carbocycles. The fourth-order valence-electron chi connectivity index (χ4n) is 3.51. The number of fused-ring (bicyclic) bond motifs is 1. The number of morpholine rings is 1. The average Bonchev–Trinajstić information content (AvgIpc) is 2.67. The second kappa shape index (κ2) is 6.80. The normalized spacial score (nSPS) is 20.3. The molecule has 1 aromatic heterocycles. The molecule has 0 spiro atoms. The van der Waals surface area contributed by atoms with Crippen LogP contribution >= 0.6 is 0 Å². The Bertz CT molecular complexity index is 780. The van der Waals surface area contributed by atoms with Gasteiger partial charge in [-0.05, 0) is 30.5 Å². The van der Waals surface area contributed by atoms with E-state index in [0.717, 1.165) is 31.2 Å². The molecular formula is C19H22N4O2. The molecule has 1 atom stereocenters. The second-order valence-electron chi connectivity index (χ2n) is 6.55. The Balaban J connectivity index is 1.45. The molecule has 2 aliphatic rings. The molecule has 0 saturated carbocycles. The lowest BCUT2D eigenvalue weighted by Gasteiger charge is -2.37. The molecule has 1 saturated heterocycles. The van der Waals surface area contributed by atoms with Gasteiger partial charge in [0.2, 0.25) is 0 Å². The Hall–Kier alpha value is -2.47. The first-order chi connectivity index (χ1) is 12.2. The quantitative estimate of drug-likeness (QED) is 0.832. The number of carbonyl (C=O) groups is 1. The number of ether oxygens (including phenoxy) is 1. The van der Waals surface area contributed by atoms with Crippen molar-refractivity contribution in [3.05, 3.63) is 53.5 Å². The zero-order chi connectivity index (χ0) is 17.2. The first kappa shape index (κ1) is 16.0. The van der Waals surface area contributed by atoms with Crippen molar-refractivity contribution in [1.29, 1.82) is 0 Å². The lowest BCUT2D eigenvalue weighted by molar-refractivity contribution is -0.145. The van der Waals surface area contributed by atoms with Gasteiger partial charge in [-0.3, -0.25) is 4.79 Å². The molecule has 2 aliphatic heterocycles. The highest BCUT2D eigenvalue weighted by Crippen LogP contribution is 2.21. The number of aryl methyl sites for hydroxylation is 1. The lowest BCUT2D eigenvalue weighted by atomic mass is 9.99. The standard InChI is InChI=1S/C19H22N4O2/c1-14-20-8-6-18(21-14)22-10-11-25-17(13-22)19(24)23-9-7-15-4-2-3-5-16(15)12-23/h2-6,8,17H,7,9-13H2,1H3. The van der Waals surface area contributed by atoms with Gasteiger partial charge in [0.05, 0.1) is 13.2 Å². The second-order valence-corrected chi connectivity index (χ2v) is 6.55. The van der Waals surface area contributed by atoms with E-state index in [4.69, 9.17) is 4.74 Å². The molecule has 0 aliphatic carbocycles. The molecule has 1 fully saturated rings. The van der Waals surface area contributed by atoms with Gasteiger partial charge >= 0.3 is 0 Å². The summed E-state index contributed by atoms with van der Waals surface area (Å²) in [4.78, 5) is 25.6. The third-order valence-corrected chi connectivity index (χ3v) is 4.87. The largest absolute Gasteiger partial charge is 0.365 e. The van der Waals surface area contributed by atoms with Crippen molar-refractivity contribution in [2.45, 2.75) is 26.0 Å². The van der Waals surface area contributed by atoms with E-state index in [9.17, 15) is 4.79 Å². The van der Waals surface area contributed by atoms with Crippen LogP contribution in [-0.2, 0) is 22.5 Å². The van der Waals surface area contributed by atoms with Gasteiger partial charge in [0.15, 0.2) is 6.10 Å². The summed E-state index contributed by atoms with van der Waals surface area (Å²) in [6, 6.07) is 10.2. The SMILES string of the molecule is Cc1nccc(N2CCOC(C(=O)N3CCc4ccccc4C3)C2)n1. The predicted octanol–water partition coefficient (Wildman–Crippen LogP) is 1.58. The van der Waals surface area contributed by atoms with Crippen LogP contribution in [0.4, 0.5) is 5.82 Å². The van der Waals surface area contributed by atoms with Crippen LogP contribution in [0.15, 0.2) is 36.5 Å². The number of carbonyl (C=O) groups excluding carboxylic acids is 1. The summed E-state index contributed by atoms with van der Waals surface area (Å²) in [6.07, 6.45) is 2.23. The van der Waals surface area contributed by atoms with E-state index in [-0.39, 0.29) is 5.91 Å². The van der Waals surface area contributed by atoms with Crippen molar-refractivity contribution in [3.63, 3.8) is 0 Å². The monoisotopic (exact) mass is 338 g/mol. The smallest absolute Gasteiger partial charge is 0.253 e.